The van der Waals surface area contributed by atoms with Crippen LogP contribution in [0.15, 0.2) is 43.1 Å². The molecule has 0 radical (unpaired) electrons. The molecule has 1 unspecified atom stereocenters. The van der Waals surface area contributed by atoms with Gasteiger partial charge in [-0.3, -0.25) is 4.90 Å². The zero-order chi connectivity index (χ0) is 16.5. The van der Waals surface area contributed by atoms with Crippen LogP contribution in [-0.2, 0) is 6.54 Å². The fraction of sp³-hybridized carbons (Fsp3) is 0.375. The van der Waals surface area contributed by atoms with Gasteiger partial charge in [-0.05, 0) is 24.6 Å². The lowest BCUT2D eigenvalue weighted by Gasteiger charge is -2.38. The number of rotatable bonds is 5. The molecule has 0 aliphatic carbocycles. The largest absolute Gasteiger partial charge is 0.387 e. The third kappa shape index (κ3) is 2.93. The number of hydrogen-bond acceptors (Lipinski definition) is 6. The molecule has 4 rings (SSSR count). The first-order chi connectivity index (χ1) is 11.7. The van der Waals surface area contributed by atoms with Gasteiger partial charge in [0, 0.05) is 19.6 Å². The minimum absolute atomic E-state index is 0.333. The highest BCUT2D eigenvalue weighted by Gasteiger charge is 2.29. The smallest absolute Gasteiger partial charge is 0.138 e. The summed E-state index contributed by atoms with van der Waals surface area (Å²) in [6.07, 6.45) is 4.48. The van der Waals surface area contributed by atoms with Gasteiger partial charge in [-0.2, -0.15) is 5.10 Å². The van der Waals surface area contributed by atoms with Crippen LogP contribution in [0.3, 0.4) is 0 Å². The fourth-order valence-electron chi connectivity index (χ4n) is 2.85. The molecular weight excluding hydrogens is 306 g/mol. The summed E-state index contributed by atoms with van der Waals surface area (Å²) in [6, 6.07) is 8.66. The van der Waals surface area contributed by atoms with Crippen LogP contribution in [-0.4, -0.2) is 52.9 Å². The van der Waals surface area contributed by atoms with Crippen LogP contribution in [0.4, 0.5) is 0 Å². The Kier molecular flexibility index (Phi) is 3.83. The summed E-state index contributed by atoms with van der Waals surface area (Å²) in [4.78, 5) is 6.32. The van der Waals surface area contributed by atoms with Crippen molar-refractivity contribution in [3.05, 3.63) is 54.4 Å². The molecule has 3 aromatic rings. The van der Waals surface area contributed by atoms with E-state index < -0.39 is 6.10 Å². The number of aliphatic hydroxyl groups excluding tert-OH is 1. The summed E-state index contributed by atoms with van der Waals surface area (Å²) < 4.78 is 3.60. The molecule has 8 nitrogen and oxygen atoms in total. The van der Waals surface area contributed by atoms with Crippen LogP contribution in [0.1, 0.15) is 30.3 Å². The maximum atomic E-state index is 9.51. The Morgan fingerprint density at radius 3 is 2.67 bits per heavy atom. The maximum absolute atomic E-state index is 9.51. The molecule has 8 heteroatoms. The lowest BCUT2D eigenvalue weighted by atomic mass is 10.1. The van der Waals surface area contributed by atoms with E-state index in [0.717, 1.165) is 25.3 Å². The summed E-state index contributed by atoms with van der Waals surface area (Å²) in [6.45, 7) is 4.48. The van der Waals surface area contributed by atoms with E-state index in [4.69, 9.17) is 0 Å². The van der Waals surface area contributed by atoms with Gasteiger partial charge in [-0.15, -0.1) is 5.10 Å². The molecule has 1 fully saturated rings. The highest BCUT2D eigenvalue weighted by molar-refractivity contribution is 5.33. The van der Waals surface area contributed by atoms with Crippen LogP contribution in [0, 0.1) is 0 Å². The van der Waals surface area contributed by atoms with Gasteiger partial charge < -0.3 is 5.11 Å². The average molecular weight is 325 g/mol. The van der Waals surface area contributed by atoms with E-state index in [0.29, 0.717) is 11.7 Å². The molecular formula is C16H19N7O. The molecule has 0 spiro atoms. The van der Waals surface area contributed by atoms with Gasteiger partial charge in [0.05, 0.1) is 24.0 Å². The van der Waals surface area contributed by atoms with Crippen LogP contribution < -0.4 is 0 Å². The molecule has 1 saturated heterocycles. The summed E-state index contributed by atoms with van der Waals surface area (Å²) in [5, 5.41) is 21.7. The van der Waals surface area contributed by atoms with Crippen molar-refractivity contribution in [3.63, 3.8) is 0 Å². The molecule has 0 bridgehead atoms. The summed E-state index contributed by atoms with van der Waals surface area (Å²) in [5.41, 5.74) is 2.89. The Morgan fingerprint density at radius 2 is 2.04 bits per heavy atom. The van der Waals surface area contributed by atoms with Gasteiger partial charge in [0.2, 0.25) is 0 Å². The topological polar surface area (TPSA) is 84.9 Å². The third-order valence-electron chi connectivity index (χ3n) is 4.29. The molecule has 1 atom stereocenters. The van der Waals surface area contributed by atoms with E-state index in [1.54, 1.807) is 17.9 Å². The van der Waals surface area contributed by atoms with Gasteiger partial charge in [-0.1, -0.05) is 17.3 Å². The van der Waals surface area contributed by atoms with Gasteiger partial charge in [0.1, 0.15) is 18.3 Å². The van der Waals surface area contributed by atoms with E-state index in [2.05, 4.69) is 37.4 Å². The van der Waals surface area contributed by atoms with Crippen molar-refractivity contribution in [3.8, 4) is 5.69 Å². The number of aromatic nitrogens is 6. The predicted molar refractivity (Wildman–Crippen MR) is 86.3 cm³/mol. The summed E-state index contributed by atoms with van der Waals surface area (Å²) in [7, 11) is 0. The fourth-order valence-corrected chi connectivity index (χ4v) is 2.85. The molecule has 1 aromatic carbocycles. The van der Waals surface area contributed by atoms with Crippen LogP contribution in [0.2, 0.25) is 0 Å². The molecule has 124 valence electrons. The number of nitrogens with zero attached hydrogens (tertiary/aromatic N) is 7. The van der Waals surface area contributed by atoms with Crippen molar-refractivity contribution >= 4 is 0 Å². The second-order valence-corrected chi connectivity index (χ2v) is 6.15. The van der Waals surface area contributed by atoms with Gasteiger partial charge >= 0.3 is 0 Å². The summed E-state index contributed by atoms with van der Waals surface area (Å²) >= 11 is 0. The minimum atomic E-state index is -0.571. The Balaban J connectivity index is 1.33. The number of benzene rings is 1. The highest BCUT2D eigenvalue weighted by atomic mass is 16.3. The molecule has 2 aromatic heterocycles. The van der Waals surface area contributed by atoms with Crippen LogP contribution >= 0.6 is 0 Å². The van der Waals surface area contributed by atoms with E-state index >= 15 is 0 Å². The molecule has 0 amide bonds. The normalized spacial score (nSPS) is 16.9. The quantitative estimate of drug-likeness (QED) is 0.752. The van der Waals surface area contributed by atoms with Crippen molar-refractivity contribution < 1.29 is 5.11 Å². The maximum Gasteiger partial charge on any atom is 0.138 e. The van der Waals surface area contributed by atoms with E-state index in [1.807, 2.05) is 23.0 Å². The van der Waals surface area contributed by atoms with Gasteiger partial charge in [0.25, 0.3) is 0 Å². The lowest BCUT2D eigenvalue weighted by Crippen LogP contribution is -2.47. The lowest BCUT2D eigenvalue weighted by molar-refractivity contribution is 0.0895. The van der Waals surface area contributed by atoms with E-state index in [9.17, 15) is 5.11 Å². The standard InChI is InChI=1S/C16H19N7O/c1-12(24)16-9-22(20-19-16)15-7-21(8-15)6-13-2-4-14(5-3-13)23-11-17-10-18-23/h2-5,9-12,15,24H,6-8H2,1H3. The second-order valence-electron chi connectivity index (χ2n) is 6.15. The Labute approximate surface area is 139 Å². The highest BCUT2D eigenvalue weighted by Crippen LogP contribution is 2.23. The van der Waals surface area contributed by atoms with Crippen molar-refractivity contribution in [2.75, 3.05) is 13.1 Å². The molecule has 1 aliphatic heterocycles. The van der Waals surface area contributed by atoms with Crippen LogP contribution in [0.25, 0.3) is 5.69 Å². The van der Waals surface area contributed by atoms with Crippen molar-refractivity contribution in [2.45, 2.75) is 25.6 Å². The summed E-state index contributed by atoms with van der Waals surface area (Å²) in [5.74, 6) is 0. The number of aliphatic hydroxyl groups is 1. The SMILES string of the molecule is CC(O)c1cn(C2CN(Cc3ccc(-n4cncn4)cc3)C2)nn1. The molecule has 3 heterocycles. The van der Waals surface area contributed by atoms with Crippen LogP contribution in [0.5, 0.6) is 0 Å². The van der Waals surface area contributed by atoms with E-state index in [-0.39, 0.29) is 0 Å². The molecule has 1 N–H and O–H groups in total. The molecule has 1 aliphatic rings. The molecule has 0 saturated carbocycles. The monoisotopic (exact) mass is 325 g/mol. The van der Waals surface area contributed by atoms with E-state index in [1.165, 1.54) is 11.9 Å². The number of likely N-dealkylation sites (tertiary alicyclic amines) is 1. The molecule has 24 heavy (non-hydrogen) atoms. The Morgan fingerprint density at radius 1 is 1.25 bits per heavy atom. The van der Waals surface area contributed by atoms with Crippen molar-refractivity contribution in [2.24, 2.45) is 0 Å². The first kappa shape index (κ1) is 15.0. The first-order valence-electron chi connectivity index (χ1n) is 7.95. The Hall–Kier alpha value is -2.58. The minimum Gasteiger partial charge on any atom is -0.387 e. The second kappa shape index (κ2) is 6.14. The zero-order valence-corrected chi connectivity index (χ0v) is 13.4. The predicted octanol–water partition coefficient (Wildman–Crippen LogP) is 0.969. The average Bonchev–Trinajstić information content (AvgIpc) is 3.22. The zero-order valence-electron chi connectivity index (χ0n) is 13.4. The van der Waals surface area contributed by atoms with Crippen molar-refractivity contribution in [1.29, 1.82) is 0 Å². The number of hydrogen-bond donors (Lipinski definition) is 1. The Bertz CT molecular complexity index is 788. The first-order valence-corrected chi connectivity index (χ1v) is 7.95. The van der Waals surface area contributed by atoms with Gasteiger partial charge in [0.15, 0.2) is 0 Å². The third-order valence-corrected chi connectivity index (χ3v) is 4.29. The van der Waals surface area contributed by atoms with Crippen molar-refractivity contribution in [1.82, 2.24) is 34.7 Å². The van der Waals surface area contributed by atoms with Gasteiger partial charge in [-0.25, -0.2) is 14.3 Å².